The van der Waals surface area contributed by atoms with Crippen LogP contribution in [0.4, 0.5) is 17.6 Å². The number of aromatic amines is 2. The first kappa shape index (κ1) is 17.9. The van der Waals surface area contributed by atoms with E-state index in [0.29, 0.717) is 12.1 Å². The van der Waals surface area contributed by atoms with E-state index >= 15 is 0 Å². The van der Waals surface area contributed by atoms with E-state index in [1.54, 1.807) is 0 Å². The zero-order chi connectivity index (χ0) is 19.2. The van der Waals surface area contributed by atoms with Crippen LogP contribution in [0.2, 0.25) is 0 Å². The molecule has 0 bridgehead atoms. The van der Waals surface area contributed by atoms with E-state index < -0.39 is 41.5 Å². The Hall–Kier alpha value is -2.95. The average Bonchev–Trinajstić information content (AvgIpc) is 2.91. The molecule has 3 rings (SSSR count). The number of alkyl halides is 3. The highest BCUT2D eigenvalue weighted by Crippen LogP contribution is 2.33. The fraction of sp³-hybridized carbons (Fsp3) is 0.267. The molecule has 0 saturated carbocycles. The van der Waals surface area contributed by atoms with Crippen molar-refractivity contribution in [3.8, 4) is 0 Å². The molecule has 0 amide bonds. The van der Waals surface area contributed by atoms with Crippen LogP contribution in [0.5, 0.6) is 0 Å². The Kier molecular flexibility index (Phi) is 4.18. The Morgan fingerprint density at radius 3 is 2.54 bits per heavy atom. The molecule has 1 unspecified atom stereocenters. The average molecular weight is 372 g/mol. The molecule has 1 atom stereocenters. The zero-order valence-electron chi connectivity index (χ0n) is 13.2. The fourth-order valence-corrected chi connectivity index (χ4v) is 2.70. The molecular weight excluding hydrogens is 360 g/mol. The minimum absolute atomic E-state index is 0.0308. The maximum absolute atomic E-state index is 13.8. The van der Waals surface area contributed by atoms with Gasteiger partial charge in [0.05, 0.1) is 18.2 Å². The Bertz CT molecular complexity index is 1100. The van der Waals surface area contributed by atoms with Gasteiger partial charge < -0.3 is 5.11 Å². The largest absolute Gasteiger partial charge is 0.419 e. The molecule has 0 aliphatic carbocycles. The van der Waals surface area contributed by atoms with Gasteiger partial charge in [-0.2, -0.15) is 18.3 Å². The predicted molar refractivity (Wildman–Crippen MR) is 82.1 cm³/mol. The fourth-order valence-electron chi connectivity index (χ4n) is 2.70. The van der Waals surface area contributed by atoms with Crippen molar-refractivity contribution in [1.29, 1.82) is 0 Å². The second kappa shape index (κ2) is 6.09. The first-order valence-electron chi connectivity index (χ1n) is 7.34. The van der Waals surface area contributed by atoms with Gasteiger partial charge in [-0.25, -0.2) is 13.9 Å². The Morgan fingerprint density at radius 2 is 1.96 bits per heavy atom. The smallest absolute Gasteiger partial charge is 0.390 e. The van der Waals surface area contributed by atoms with Crippen LogP contribution in [0.25, 0.3) is 11.0 Å². The first-order valence-corrected chi connectivity index (χ1v) is 7.34. The summed E-state index contributed by atoms with van der Waals surface area (Å²) >= 11 is 0. The molecule has 1 aromatic carbocycles. The summed E-state index contributed by atoms with van der Waals surface area (Å²) in [4.78, 5) is 27.8. The van der Waals surface area contributed by atoms with E-state index in [2.05, 4.69) is 10.1 Å². The summed E-state index contributed by atoms with van der Waals surface area (Å²) in [6.07, 6.45) is -4.83. The molecule has 7 nitrogen and oxygen atoms in total. The van der Waals surface area contributed by atoms with Crippen LogP contribution in [0.1, 0.15) is 29.8 Å². The van der Waals surface area contributed by atoms with Crippen molar-refractivity contribution in [3.63, 3.8) is 0 Å². The van der Waals surface area contributed by atoms with Crippen molar-refractivity contribution >= 4 is 11.0 Å². The molecule has 0 fully saturated rings. The molecule has 0 aliphatic heterocycles. The molecular formula is C15H12F4N4O3. The number of fused-ring (bicyclic) bond motifs is 1. The van der Waals surface area contributed by atoms with Crippen molar-refractivity contribution < 1.29 is 22.7 Å². The number of halogens is 4. The molecule has 11 heteroatoms. The van der Waals surface area contributed by atoms with Gasteiger partial charge in [0, 0.05) is 0 Å². The van der Waals surface area contributed by atoms with Crippen LogP contribution < -0.4 is 11.2 Å². The first-order chi connectivity index (χ1) is 12.1. The lowest BCUT2D eigenvalue weighted by Crippen LogP contribution is -2.23. The topological polar surface area (TPSA) is 104 Å². The molecule has 3 aromatic rings. The van der Waals surface area contributed by atoms with E-state index in [1.165, 1.54) is 6.92 Å². The lowest BCUT2D eigenvalue weighted by atomic mass is 10.1. The number of aliphatic hydroxyl groups excluding tert-OH is 1. The normalized spacial score (nSPS) is 13.3. The van der Waals surface area contributed by atoms with E-state index in [-0.39, 0.29) is 22.3 Å². The van der Waals surface area contributed by atoms with E-state index in [9.17, 15) is 32.3 Å². The van der Waals surface area contributed by atoms with Crippen LogP contribution in [0.15, 0.2) is 27.8 Å². The molecule has 0 spiro atoms. The number of hydrogen-bond acceptors (Lipinski definition) is 4. The summed E-state index contributed by atoms with van der Waals surface area (Å²) < 4.78 is 53.0. The van der Waals surface area contributed by atoms with Gasteiger partial charge >= 0.3 is 11.9 Å². The lowest BCUT2D eigenvalue weighted by Gasteiger charge is -2.15. The number of benzene rings is 1. The quantitative estimate of drug-likeness (QED) is 0.609. The van der Waals surface area contributed by atoms with Gasteiger partial charge in [-0.3, -0.25) is 14.8 Å². The Balaban J connectivity index is 2.17. The van der Waals surface area contributed by atoms with Gasteiger partial charge in [-0.1, -0.05) is 6.07 Å². The summed E-state index contributed by atoms with van der Waals surface area (Å²) in [6, 6.07) is 1.57. The highest BCUT2D eigenvalue weighted by molar-refractivity contribution is 5.77. The van der Waals surface area contributed by atoms with Gasteiger partial charge in [0.25, 0.3) is 5.56 Å². The number of nitrogens with zero attached hydrogens (tertiary/aromatic N) is 2. The third kappa shape index (κ3) is 2.90. The molecule has 26 heavy (non-hydrogen) atoms. The van der Waals surface area contributed by atoms with Crippen molar-refractivity contribution in [2.75, 3.05) is 0 Å². The van der Waals surface area contributed by atoms with E-state index in [0.717, 1.165) is 10.7 Å². The van der Waals surface area contributed by atoms with Crippen LogP contribution in [0.3, 0.4) is 0 Å². The number of rotatable bonds is 3. The van der Waals surface area contributed by atoms with Crippen LogP contribution in [-0.4, -0.2) is 24.9 Å². The standard InChI is InChI=1S/C15H12F4N4O3/c1-6(7-2-3-8(9(16)4-7)15(17,18)19)23-12-11(10(5-24)22-23)13(25)21-14(26)20-12/h2-4,6,24H,5H2,1H3,(H2,20,21,25,26). The van der Waals surface area contributed by atoms with Gasteiger partial charge in [0.2, 0.25) is 0 Å². The van der Waals surface area contributed by atoms with E-state index in [4.69, 9.17) is 0 Å². The van der Waals surface area contributed by atoms with Gasteiger partial charge in [0.15, 0.2) is 0 Å². The van der Waals surface area contributed by atoms with Crippen LogP contribution in [-0.2, 0) is 12.8 Å². The monoisotopic (exact) mass is 372 g/mol. The third-order valence-electron chi connectivity index (χ3n) is 3.97. The molecule has 3 N–H and O–H groups in total. The molecule has 0 saturated heterocycles. The predicted octanol–water partition coefficient (Wildman–Crippen LogP) is 1.67. The van der Waals surface area contributed by atoms with E-state index in [1.807, 2.05) is 4.98 Å². The van der Waals surface area contributed by atoms with Crippen LogP contribution >= 0.6 is 0 Å². The van der Waals surface area contributed by atoms with Crippen molar-refractivity contribution in [2.45, 2.75) is 25.7 Å². The number of hydrogen-bond donors (Lipinski definition) is 3. The maximum Gasteiger partial charge on any atom is 0.419 e. The number of nitrogens with one attached hydrogen (secondary N) is 2. The zero-order valence-corrected chi connectivity index (χ0v) is 13.2. The Morgan fingerprint density at radius 1 is 1.27 bits per heavy atom. The second-order valence-corrected chi connectivity index (χ2v) is 5.59. The van der Waals surface area contributed by atoms with Crippen LogP contribution in [0, 0.1) is 5.82 Å². The van der Waals surface area contributed by atoms with Crippen molar-refractivity contribution in [1.82, 2.24) is 19.7 Å². The molecule has 0 radical (unpaired) electrons. The number of aliphatic hydroxyl groups is 1. The molecule has 0 aliphatic rings. The lowest BCUT2D eigenvalue weighted by molar-refractivity contribution is -0.140. The highest BCUT2D eigenvalue weighted by atomic mass is 19.4. The van der Waals surface area contributed by atoms with Crippen molar-refractivity contribution in [3.05, 3.63) is 61.7 Å². The van der Waals surface area contributed by atoms with Gasteiger partial charge in [0.1, 0.15) is 22.5 Å². The summed E-state index contributed by atoms with van der Waals surface area (Å²) in [5.41, 5.74) is -2.93. The van der Waals surface area contributed by atoms with Gasteiger partial charge in [-0.05, 0) is 24.6 Å². The highest BCUT2D eigenvalue weighted by Gasteiger charge is 2.34. The number of aromatic nitrogens is 4. The maximum atomic E-state index is 13.8. The molecule has 2 aromatic heterocycles. The summed E-state index contributed by atoms with van der Waals surface area (Å²) in [6.45, 7) is 0.891. The second-order valence-electron chi connectivity index (χ2n) is 5.59. The minimum atomic E-state index is -4.83. The summed E-state index contributed by atoms with van der Waals surface area (Å²) in [7, 11) is 0. The Labute approximate surface area is 141 Å². The molecule has 138 valence electrons. The summed E-state index contributed by atoms with van der Waals surface area (Å²) in [5, 5.41) is 13.3. The molecule has 2 heterocycles. The SMILES string of the molecule is CC(c1ccc(C(F)(F)F)c(F)c1)n1nc(CO)c2c(=O)[nH]c(=O)[nH]c21. The minimum Gasteiger partial charge on any atom is -0.390 e. The summed E-state index contributed by atoms with van der Waals surface area (Å²) in [5.74, 6) is -1.45. The van der Waals surface area contributed by atoms with Crippen molar-refractivity contribution in [2.24, 2.45) is 0 Å². The third-order valence-corrected chi connectivity index (χ3v) is 3.97. The van der Waals surface area contributed by atoms with Gasteiger partial charge in [-0.15, -0.1) is 0 Å². The number of H-pyrrole nitrogens is 2.